The van der Waals surface area contributed by atoms with E-state index in [1.807, 2.05) is 38.1 Å². The third-order valence-corrected chi connectivity index (χ3v) is 4.93. The molecule has 4 unspecified atom stereocenters. The van der Waals surface area contributed by atoms with Crippen molar-refractivity contribution in [3.63, 3.8) is 0 Å². The molecule has 0 bridgehead atoms. The van der Waals surface area contributed by atoms with Gasteiger partial charge in [-0.15, -0.1) is 0 Å². The van der Waals surface area contributed by atoms with E-state index in [4.69, 9.17) is 16.7 Å². The number of aliphatic hydroxyl groups is 1. The Morgan fingerprint density at radius 1 is 1.39 bits per heavy atom. The lowest BCUT2D eigenvalue weighted by Crippen LogP contribution is -2.49. The molecule has 4 atom stereocenters. The Balaban J connectivity index is 2.00. The number of hydrogen-bond donors (Lipinski definition) is 3. The molecule has 0 aliphatic carbocycles. The van der Waals surface area contributed by atoms with Crippen molar-refractivity contribution in [2.75, 3.05) is 20.2 Å². The fourth-order valence-electron chi connectivity index (χ4n) is 2.96. The van der Waals surface area contributed by atoms with Gasteiger partial charge < -0.3 is 15.7 Å². The number of likely N-dealkylation sites (N-methyl/N-ethyl adjacent to an activating group) is 1. The molecule has 1 aromatic carbocycles. The van der Waals surface area contributed by atoms with Crippen molar-refractivity contribution in [1.82, 2.24) is 15.5 Å². The predicted molar refractivity (Wildman–Crippen MR) is 92.6 cm³/mol. The molecular formula is C17H26ClN3O2. The maximum atomic E-state index is 12.2. The number of carbonyl (C=O) groups is 1. The van der Waals surface area contributed by atoms with Crippen LogP contribution >= 0.6 is 11.6 Å². The monoisotopic (exact) mass is 339 g/mol. The second-order valence-corrected chi connectivity index (χ2v) is 6.87. The number of nitrogens with zero attached hydrogens (tertiary/aromatic N) is 1. The number of carbonyl (C=O) groups excluding carboxylic acids is 1. The molecule has 1 aliphatic rings. The minimum atomic E-state index is -0.183. The summed E-state index contributed by atoms with van der Waals surface area (Å²) in [5, 5.41) is 15.9. The topological polar surface area (TPSA) is 64.6 Å². The Kier molecular flexibility index (Phi) is 6.27. The molecule has 0 saturated carbocycles. The van der Waals surface area contributed by atoms with E-state index in [-0.39, 0.29) is 36.7 Å². The van der Waals surface area contributed by atoms with E-state index < -0.39 is 0 Å². The van der Waals surface area contributed by atoms with Gasteiger partial charge in [0.1, 0.15) is 0 Å². The van der Waals surface area contributed by atoms with Crippen LogP contribution < -0.4 is 10.6 Å². The molecule has 1 saturated heterocycles. The van der Waals surface area contributed by atoms with Crippen molar-refractivity contribution in [2.45, 2.75) is 38.4 Å². The highest BCUT2D eigenvalue weighted by Gasteiger charge is 2.34. The van der Waals surface area contributed by atoms with Gasteiger partial charge >= 0.3 is 6.03 Å². The summed E-state index contributed by atoms with van der Waals surface area (Å²) in [5.74, 6) is 0.0269. The second-order valence-electron chi connectivity index (χ2n) is 6.44. The predicted octanol–water partition coefficient (Wildman–Crippen LogP) is 2.40. The van der Waals surface area contributed by atoms with Crippen LogP contribution in [0, 0.1) is 5.92 Å². The molecule has 128 valence electrons. The lowest BCUT2D eigenvalue weighted by molar-refractivity contribution is 0.197. The molecule has 23 heavy (non-hydrogen) atoms. The fraction of sp³-hybridized carbons (Fsp3) is 0.588. The summed E-state index contributed by atoms with van der Waals surface area (Å²) in [6, 6.07) is 7.72. The highest BCUT2D eigenvalue weighted by molar-refractivity contribution is 6.30. The first-order valence-corrected chi connectivity index (χ1v) is 8.43. The Bertz CT molecular complexity index is 523. The minimum Gasteiger partial charge on any atom is -0.396 e. The van der Waals surface area contributed by atoms with Crippen LogP contribution in [0.2, 0.25) is 5.02 Å². The van der Waals surface area contributed by atoms with Gasteiger partial charge in [0.25, 0.3) is 0 Å². The fourth-order valence-corrected chi connectivity index (χ4v) is 3.09. The quantitative estimate of drug-likeness (QED) is 0.772. The molecule has 1 heterocycles. The first-order chi connectivity index (χ1) is 10.9. The van der Waals surface area contributed by atoms with Gasteiger partial charge in [-0.1, -0.05) is 30.7 Å². The second kappa shape index (κ2) is 7.99. The van der Waals surface area contributed by atoms with Crippen molar-refractivity contribution in [1.29, 1.82) is 0 Å². The lowest BCUT2D eigenvalue weighted by atomic mass is 10.0. The molecule has 0 aromatic heterocycles. The summed E-state index contributed by atoms with van der Waals surface area (Å²) in [6.07, 6.45) is 0.904. The van der Waals surface area contributed by atoms with Crippen molar-refractivity contribution >= 4 is 17.6 Å². The number of halogens is 1. The van der Waals surface area contributed by atoms with Crippen LogP contribution in [0.5, 0.6) is 0 Å². The zero-order chi connectivity index (χ0) is 17.0. The van der Waals surface area contributed by atoms with Gasteiger partial charge in [-0.3, -0.25) is 4.90 Å². The van der Waals surface area contributed by atoms with Crippen molar-refractivity contribution in [3.8, 4) is 0 Å². The summed E-state index contributed by atoms with van der Waals surface area (Å²) in [6.45, 7) is 4.80. The largest absolute Gasteiger partial charge is 0.396 e. The normalized spacial score (nSPS) is 24.2. The molecule has 1 aliphatic heterocycles. The summed E-state index contributed by atoms with van der Waals surface area (Å²) >= 11 is 5.96. The van der Waals surface area contributed by atoms with Crippen LogP contribution in [-0.4, -0.2) is 48.3 Å². The zero-order valence-electron chi connectivity index (χ0n) is 13.9. The Labute approximate surface area is 143 Å². The van der Waals surface area contributed by atoms with Gasteiger partial charge in [-0.2, -0.15) is 0 Å². The van der Waals surface area contributed by atoms with Crippen molar-refractivity contribution in [2.24, 2.45) is 5.92 Å². The maximum Gasteiger partial charge on any atom is 0.315 e. The summed E-state index contributed by atoms with van der Waals surface area (Å²) in [5.41, 5.74) is 1.15. The molecule has 5 nitrogen and oxygen atoms in total. The third kappa shape index (κ3) is 4.59. The number of urea groups is 1. The van der Waals surface area contributed by atoms with Crippen LogP contribution in [-0.2, 0) is 0 Å². The molecule has 2 rings (SSSR count). The first-order valence-electron chi connectivity index (χ1n) is 8.06. The standard InChI is InChI=1S/C17H26ClN3O2/c1-11(10-22)12(2)19-17(23)20-15-8-9-21(3)16(15)13-4-6-14(18)7-5-13/h4-7,11-12,15-16,22H,8-10H2,1-3H3,(H2,19,20,23). The van der Waals surface area contributed by atoms with E-state index in [0.29, 0.717) is 5.02 Å². The average Bonchev–Trinajstić information content (AvgIpc) is 2.87. The molecule has 1 aromatic rings. The average molecular weight is 340 g/mol. The van der Waals surface area contributed by atoms with E-state index in [2.05, 4.69) is 22.6 Å². The maximum absolute atomic E-state index is 12.2. The van der Waals surface area contributed by atoms with Gasteiger partial charge in [0.2, 0.25) is 0 Å². The van der Waals surface area contributed by atoms with E-state index in [1.54, 1.807) is 0 Å². The number of amides is 2. The highest BCUT2D eigenvalue weighted by atomic mass is 35.5. The number of aliphatic hydroxyl groups excluding tert-OH is 1. The molecule has 0 spiro atoms. The van der Waals surface area contributed by atoms with Crippen LogP contribution in [0.3, 0.4) is 0 Å². The number of rotatable bonds is 5. The minimum absolute atomic E-state index is 0.0269. The highest BCUT2D eigenvalue weighted by Crippen LogP contribution is 2.31. The number of hydrogen-bond acceptors (Lipinski definition) is 3. The molecular weight excluding hydrogens is 314 g/mol. The summed E-state index contributed by atoms with van der Waals surface area (Å²) in [4.78, 5) is 14.5. The van der Waals surface area contributed by atoms with Gasteiger partial charge in [-0.25, -0.2) is 4.79 Å². The number of benzene rings is 1. The Morgan fingerprint density at radius 3 is 2.65 bits per heavy atom. The number of likely N-dealkylation sites (tertiary alicyclic amines) is 1. The van der Waals surface area contributed by atoms with E-state index >= 15 is 0 Å². The zero-order valence-corrected chi connectivity index (χ0v) is 14.7. The summed E-state index contributed by atoms with van der Waals surface area (Å²) in [7, 11) is 2.06. The Hall–Kier alpha value is -1.30. The van der Waals surface area contributed by atoms with Gasteiger partial charge in [-0.05, 0) is 44.0 Å². The summed E-state index contributed by atoms with van der Waals surface area (Å²) < 4.78 is 0. The molecule has 3 N–H and O–H groups in total. The van der Waals surface area contributed by atoms with Crippen LogP contribution in [0.15, 0.2) is 24.3 Å². The Morgan fingerprint density at radius 2 is 2.04 bits per heavy atom. The number of nitrogens with one attached hydrogen (secondary N) is 2. The molecule has 0 radical (unpaired) electrons. The lowest BCUT2D eigenvalue weighted by Gasteiger charge is -2.27. The smallest absolute Gasteiger partial charge is 0.315 e. The van der Waals surface area contributed by atoms with E-state index in [0.717, 1.165) is 18.5 Å². The third-order valence-electron chi connectivity index (χ3n) is 4.68. The first kappa shape index (κ1) is 18.0. The van der Waals surface area contributed by atoms with E-state index in [1.165, 1.54) is 0 Å². The molecule has 6 heteroatoms. The van der Waals surface area contributed by atoms with Gasteiger partial charge in [0.05, 0.1) is 12.1 Å². The van der Waals surface area contributed by atoms with Crippen molar-refractivity contribution < 1.29 is 9.90 Å². The van der Waals surface area contributed by atoms with E-state index in [9.17, 15) is 4.79 Å². The van der Waals surface area contributed by atoms with Gasteiger partial charge in [0.15, 0.2) is 0 Å². The van der Waals surface area contributed by atoms with Crippen LogP contribution in [0.4, 0.5) is 4.79 Å². The van der Waals surface area contributed by atoms with Gasteiger partial charge in [0, 0.05) is 24.2 Å². The van der Waals surface area contributed by atoms with Crippen LogP contribution in [0.25, 0.3) is 0 Å². The molecule has 2 amide bonds. The van der Waals surface area contributed by atoms with Crippen LogP contribution in [0.1, 0.15) is 31.9 Å². The van der Waals surface area contributed by atoms with Crippen molar-refractivity contribution in [3.05, 3.63) is 34.9 Å². The SMILES string of the molecule is CC(CO)C(C)NC(=O)NC1CCN(C)C1c1ccc(Cl)cc1. The molecule has 1 fully saturated rings.